The Labute approximate surface area is 291 Å². The van der Waals surface area contributed by atoms with E-state index in [0.29, 0.717) is 30.0 Å². The van der Waals surface area contributed by atoms with E-state index in [1.165, 1.54) is 5.19 Å². The van der Waals surface area contributed by atoms with Crippen LogP contribution in [0.15, 0.2) is 95.5 Å². The van der Waals surface area contributed by atoms with Crippen molar-refractivity contribution in [2.75, 3.05) is 31.0 Å². The number of nitrogens with one attached hydrogen (secondary N) is 1. The molecule has 0 unspecified atom stereocenters. The van der Waals surface area contributed by atoms with Gasteiger partial charge in [0.2, 0.25) is 0 Å². The van der Waals surface area contributed by atoms with Crippen molar-refractivity contribution >= 4 is 52.4 Å². The van der Waals surface area contributed by atoms with Crippen LogP contribution in [0.4, 0.5) is 11.4 Å². The molecule has 4 aromatic carbocycles. The van der Waals surface area contributed by atoms with E-state index in [-0.39, 0.29) is 36.0 Å². The zero-order chi connectivity index (χ0) is 34.2. The maximum atomic E-state index is 14.8. The van der Waals surface area contributed by atoms with Crippen LogP contribution in [0, 0.1) is 5.92 Å². The van der Waals surface area contributed by atoms with E-state index in [1.807, 2.05) is 59.5 Å². The van der Waals surface area contributed by atoms with Crippen molar-refractivity contribution in [1.29, 1.82) is 0 Å². The fourth-order valence-electron chi connectivity index (χ4n) is 7.66. The lowest BCUT2D eigenvalue weighted by molar-refractivity contribution is -0.146. The Morgan fingerprint density at radius 2 is 1.58 bits per heavy atom. The minimum atomic E-state index is -2.26. The number of carbonyl (C=O) groups excluding carboxylic acids is 2. The van der Waals surface area contributed by atoms with Crippen LogP contribution in [0.1, 0.15) is 34.8 Å². The van der Waals surface area contributed by atoms with E-state index >= 15 is 0 Å². The van der Waals surface area contributed by atoms with Gasteiger partial charge in [-0.25, -0.2) is 0 Å². The number of hydrogen-bond donors (Lipinski definition) is 2. The number of aliphatic hydroxyl groups is 1. The third-order valence-electron chi connectivity index (χ3n) is 10.1. The summed E-state index contributed by atoms with van der Waals surface area (Å²) in [5.74, 6) is 1.02. The molecule has 2 aliphatic rings. The number of fused-ring (bicyclic) bond motifs is 2. The predicted octanol–water partition coefficient (Wildman–Crippen LogP) is 6.86. The van der Waals surface area contributed by atoms with Gasteiger partial charge < -0.3 is 29.5 Å². The van der Waals surface area contributed by atoms with E-state index in [0.717, 1.165) is 27.0 Å². The molecule has 6 rings (SSSR count). The van der Waals surface area contributed by atoms with Crippen molar-refractivity contribution in [2.45, 2.75) is 50.2 Å². The van der Waals surface area contributed by atoms with E-state index in [9.17, 15) is 14.7 Å². The molecule has 0 aliphatic carbocycles. The van der Waals surface area contributed by atoms with Gasteiger partial charge in [-0.2, -0.15) is 0 Å². The molecule has 2 aliphatic heterocycles. The first-order valence-corrected chi connectivity index (χ1v) is 20.0. The van der Waals surface area contributed by atoms with Crippen molar-refractivity contribution in [3.8, 4) is 11.5 Å². The van der Waals surface area contributed by atoms with Crippen LogP contribution in [-0.2, 0) is 21.7 Å². The molecular weight excluding hydrogens is 688 g/mol. The first-order valence-electron chi connectivity index (χ1n) is 16.1. The van der Waals surface area contributed by atoms with Crippen LogP contribution < -0.4 is 24.9 Å². The predicted molar refractivity (Wildman–Crippen MR) is 194 cm³/mol. The summed E-state index contributed by atoms with van der Waals surface area (Å²) in [5, 5.41) is 14.4. The van der Waals surface area contributed by atoms with Gasteiger partial charge in [0.15, 0.2) is 5.60 Å². The van der Waals surface area contributed by atoms with Crippen LogP contribution in [0.25, 0.3) is 0 Å². The van der Waals surface area contributed by atoms with Gasteiger partial charge in [0, 0.05) is 33.8 Å². The number of anilines is 2. The second-order valence-corrected chi connectivity index (χ2v) is 18.7. The topological polar surface area (TPSA) is 97.3 Å². The molecule has 10 heteroatoms. The Morgan fingerprint density at radius 3 is 2.19 bits per heavy atom. The molecule has 1 spiro atoms. The average Bonchev–Trinajstić information content (AvgIpc) is 3.51. The second-order valence-electron chi connectivity index (χ2n) is 13.1. The largest absolute Gasteiger partial charge is 0.497 e. The highest BCUT2D eigenvalue weighted by Crippen LogP contribution is 2.60. The fraction of sp³-hybridized carbons (Fsp3) is 0.316. The first-order chi connectivity index (χ1) is 23.0. The molecule has 2 N–H and O–H groups in total. The summed E-state index contributed by atoms with van der Waals surface area (Å²) in [6.07, 6.45) is 0.155. The van der Waals surface area contributed by atoms with Crippen LogP contribution in [-0.4, -0.2) is 51.9 Å². The highest BCUT2D eigenvalue weighted by Gasteiger charge is 2.66. The molecule has 0 bridgehead atoms. The maximum Gasteiger partial charge on any atom is 0.264 e. The van der Waals surface area contributed by atoms with Crippen molar-refractivity contribution in [2.24, 2.45) is 5.92 Å². The standard InChI is InChI=1S/C38H41BrN2O6Si/c1-24-35(48(4,5)31-17-15-30(46-3)16-18-31)34(20-21-42)47-38(24)32-22-27(39)10-19-33(32)41(37(38)44)23-25-6-11-28(12-7-25)40-36(43)26-8-13-29(45-2)14-9-26/h6-19,22,24,34-35,42H,20-21,23H2,1-5H3,(H,40,43)/t24-,34+,35-,38+/m1/s1. The highest BCUT2D eigenvalue weighted by atomic mass is 79.9. The number of halogens is 1. The number of methoxy groups -OCH3 is 2. The fourth-order valence-corrected chi connectivity index (χ4v) is 12.1. The third-order valence-corrected chi connectivity index (χ3v) is 15.0. The number of amides is 2. The van der Waals surface area contributed by atoms with Crippen molar-refractivity contribution < 1.29 is 28.9 Å². The van der Waals surface area contributed by atoms with Crippen LogP contribution in [0.2, 0.25) is 18.6 Å². The second kappa shape index (κ2) is 13.5. The lowest BCUT2D eigenvalue weighted by Gasteiger charge is -2.37. The number of nitrogens with zero attached hydrogens (tertiary/aromatic N) is 1. The Hall–Kier alpha value is -3.96. The number of rotatable bonds is 10. The molecule has 1 saturated heterocycles. The summed E-state index contributed by atoms with van der Waals surface area (Å²) < 4.78 is 18.5. The number of ether oxygens (including phenoxy) is 3. The lowest BCUT2D eigenvalue weighted by atomic mass is 9.82. The molecule has 4 atom stereocenters. The van der Waals surface area contributed by atoms with E-state index in [1.54, 1.807) is 38.5 Å². The Kier molecular flexibility index (Phi) is 9.54. The molecule has 4 aromatic rings. The van der Waals surface area contributed by atoms with Gasteiger partial charge in [0.25, 0.3) is 11.8 Å². The zero-order valence-electron chi connectivity index (χ0n) is 27.8. The maximum absolute atomic E-state index is 14.8. The van der Waals surface area contributed by atoms with Crippen LogP contribution >= 0.6 is 15.9 Å². The summed E-state index contributed by atoms with van der Waals surface area (Å²) >= 11 is 3.65. The molecule has 8 nitrogen and oxygen atoms in total. The summed E-state index contributed by atoms with van der Waals surface area (Å²) in [4.78, 5) is 29.5. The lowest BCUT2D eigenvalue weighted by Crippen LogP contribution is -2.51. The molecule has 0 aromatic heterocycles. The summed E-state index contributed by atoms with van der Waals surface area (Å²) in [6.45, 7) is 7.12. The Morgan fingerprint density at radius 1 is 0.958 bits per heavy atom. The molecule has 2 amide bonds. The minimum absolute atomic E-state index is 0.0261. The van der Waals surface area contributed by atoms with Crippen molar-refractivity contribution in [1.82, 2.24) is 0 Å². The summed E-state index contributed by atoms with van der Waals surface area (Å²) in [6, 6.07) is 28.7. The van der Waals surface area contributed by atoms with E-state index in [4.69, 9.17) is 14.2 Å². The van der Waals surface area contributed by atoms with E-state index in [2.05, 4.69) is 53.4 Å². The zero-order valence-corrected chi connectivity index (χ0v) is 30.4. The van der Waals surface area contributed by atoms with Gasteiger partial charge >= 0.3 is 0 Å². The van der Waals surface area contributed by atoms with Gasteiger partial charge in [-0.3, -0.25) is 9.59 Å². The number of benzene rings is 4. The SMILES string of the molecule is COc1ccc(C(=O)Nc2ccc(CN3C(=O)[C@@]4(O[C@@H](CCO)[C@H]([Si](C)(C)c5ccc(OC)cc5)[C@H]4C)c4cc(Br)ccc43)cc2)cc1. The molecule has 1 fully saturated rings. The average molecular weight is 730 g/mol. The summed E-state index contributed by atoms with van der Waals surface area (Å²) in [5.41, 5.74) is 2.63. The molecule has 0 saturated carbocycles. The quantitative estimate of drug-likeness (QED) is 0.173. The first kappa shape index (κ1) is 33.9. The third kappa shape index (κ3) is 5.95. The Bertz CT molecular complexity index is 1800. The van der Waals surface area contributed by atoms with Crippen molar-refractivity contribution in [3.63, 3.8) is 0 Å². The van der Waals surface area contributed by atoms with Crippen LogP contribution in [0.3, 0.4) is 0 Å². The highest BCUT2D eigenvalue weighted by molar-refractivity contribution is 9.10. The van der Waals surface area contributed by atoms with Gasteiger partial charge in [-0.15, -0.1) is 0 Å². The smallest absolute Gasteiger partial charge is 0.264 e. The normalized spacial score (nSPS) is 21.8. The van der Waals surface area contributed by atoms with Gasteiger partial charge in [0.1, 0.15) is 11.5 Å². The molecule has 0 radical (unpaired) electrons. The van der Waals surface area contributed by atoms with Gasteiger partial charge in [0.05, 0.1) is 40.6 Å². The minimum Gasteiger partial charge on any atom is -0.497 e. The molecule has 48 heavy (non-hydrogen) atoms. The van der Waals surface area contributed by atoms with E-state index < -0.39 is 13.7 Å². The molecular formula is C38H41BrN2O6Si. The Balaban J connectivity index is 1.29. The molecule has 250 valence electrons. The monoisotopic (exact) mass is 728 g/mol. The number of aliphatic hydroxyl groups excluding tert-OH is 1. The van der Waals surface area contributed by atoms with Crippen LogP contribution in [0.5, 0.6) is 11.5 Å². The van der Waals surface area contributed by atoms with Gasteiger partial charge in [-0.05, 0) is 84.3 Å². The van der Waals surface area contributed by atoms with Crippen molar-refractivity contribution in [3.05, 3.63) is 112 Å². The number of hydrogen-bond acceptors (Lipinski definition) is 6. The van der Waals surface area contributed by atoms with Gasteiger partial charge in [-0.1, -0.05) is 65.4 Å². The number of carbonyl (C=O) groups is 2. The summed E-state index contributed by atoms with van der Waals surface area (Å²) in [7, 11) is 0.983. The molecule has 2 heterocycles.